The van der Waals surface area contributed by atoms with Gasteiger partial charge in [-0.1, -0.05) is 30.3 Å². The predicted molar refractivity (Wildman–Crippen MR) is 70.6 cm³/mol. The molecule has 0 aliphatic carbocycles. The number of aromatic nitrogens is 1. The van der Waals surface area contributed by atoms with Gasteiger partial charge in [0.1, 0.15) is 11.5 Å². The third-order valence-corrected chi connectivity index (χ3v) is 3.16. The number of aryl methyl sites for hydroxylation is 2. The Bertz CT molecular complexity index is 715. The van der Waals surface area contributed by atoms with Gasteiger partial charge in [-0.2, -0.15) is 0 Å². The van der Waals surface area contributed by atoms with Gasteiger partial charge in [0.15, 0.2) is 0 Å². The molecule has 0 aliphatic rings. The quantitative estimate of drug-likeness (QED) is 0.695. The van der Waals surface area contributed by atoms with Crippen LogP contribution in [0, 0.1) is 13.8 Å². The maximum Gasteiger partial charge on any atom is 0.230 e. The molecule has 0 spiro atoms. The third kappa shape index (κ3) is 2.28. The van der Waals surface area contributed by atoms with E-state index in [4.69, 9.17) is 4.42 Å². The Hall–Kier alpha value is -1.67. The fourth-order valence-corrected chi connectivity index (χ4v) is 2.02. The molecule has 1 aromatic heterocycles. The Kier molecular flexibility index (Phi) is 3.72. The number of fused-ring (bicyclic) bond motifs is 1. The van der Waals surface area contributed by atoms with E-state index in [0.717, 1.165) is 22.2 Å². The fourth-order valence-electron chi connectivity index (χ4n) is 2.02. The molecule has 0 fully saturated rings. The zero-order valence-corrected chi connectivity index (χ0v) is 13.9. The number of aromatic hydroxyl groups is 1. The first-order valence-electron chi connectivity index (χ1n) is 5.82. The molecule has 2 aromatic carbocycles. The molecular formula is C15H13NO2Zn. The van der Waals surface area contributed by atoms with E-state index < -0.39 is 0 Å². The van der Waals surface area contributed by atoms with Crippen LogP contribution in [0.2, 0.25) is 0 Å². The molecule has 3 aromatic rings. The van der Waals surface area contributed by atoms with Crippen molar-refractivity contribution in [3.05, 3.63) is 47.9 Å². The van der Waals surface area contributed by atoms with Gasteiger partial charge in [0.2, 0.25) is 5.89 Å². The SMILES string of the molecule is Cc1nc(-c2ccc3ccccc3c2O)oc1C.[Zn]. The van der Waals surface area contributed by atoms with E-state index >= 15 is 0 Å². The van der Waals surface area contributed by atoms with Gasteiger partial charge >= 0.3 is 0 Å². The first kappa shape index (κ1) is 13.8. The van der Waals surface area contributed by atoms with Crippen LogP contribution in [0.4, 0.5) is 0 Å². The van der Waals surface area contributed by atoms with Crippen molar-refractivity contribution in [2.75, 3.05) is 0 Å². The van der Waals surface area contributed by atoms with Crippen molar-refractivity contribution < 1.29 is 29.0 Å². The molecule has 19 heavy (non-hydrogen) atoms. The van der Waals surface area contributed by atoms with Crippen molar-refractivity contribution in [3.63, 3.8) is 0 Å². The van der Waals surface area contributed by atoms with Crippen LogP contribution in [-0.4, -0.2) is 10.1 Å². The second-order valence-corrected chi connectivity index (χ2v) is 4.34. The van der Waals surface area contributed by atoms with Gasteiger partial charge in [-0.15, -0.1) is 0 Å². The van der Waals surface area contributed by atoms with E-state index in [0.29, 0.717) is 11.5 Å². The summed E-state index contributed by atoms with van der Waals surface area (Å²) in [5.41, 5.74) is 1.47. The topological polar surface area (TPSA) is 46.3 Å². The van der Waals surface area contributed by atoms with Gasteiger partial charge in [0, 0.05) is 24.9 Å². The summed E-state index contributed by atoms with van der Waals surface area (Å²) in [6, 6.07) is 11.5. The molecular weight excluding hydrogens is 292 g/mol. The molecule has 0 aliphatic heterocycles. The van der Waals surface area contributed by atoms with Crippen molar-refractivity contribution in [2.45, 2.75) is 13.8 Å². The van der Waals surface area contributed by atoms with Crippen LogP contribution in [0.25, 0.3) is 22.2 Å². The summed E-state index contributed by atoms with van der Waals surface area (Å²) < 4.78 is 5.56. The van der Waals surface area contributed by atoms with Crippen molar-refractivity contribution in [3.8, 4) is 17.2 Å². The number of phenols is 1. The Morgan fingerprint density at radius 3 is 2.47 bits per heavy atom. The van der Waals surface area contributed by atoms with Crippen LogP contribution in [0.15, 0.2) is 40.8 Å². The van der Waals surface area contributed by atoms with Crippen molar-refractivity contribution >= 4 is 10.8 Å². The number of hydrogen-bond acceptors (Lipinski definition) is 3. The standard InChI is InChI=1S/C15H13NO2.Zn/c1-9-10(2)18-15(16-9)13-8-7-11-5-3-4-6-12(11)14(13)17;/h3-8,17H,1-2H3;. The second kappa shape index (κ2) is 5.14. The third-order valence-electron chi connectivity index (χ3n) is 3.16. The minimum atomic E-state index is 0. The number of oxazole rings is 1. The molecule has 92 valence electrons. The van der Waals surface area contributed by atoms with E-state index in [9.17, 15) is 5.11 Å². The summed E-state index contributed by atoms with van der Waals surface area (Å²) in [6.45, 7) is 3.75. The van der Waals surface area contributed by atoms with Crippen LogP contribution in [-0.2, 0) is 19.5 Å². The molecule has 1 N–H and O–H groups in total. The van der Waals surface area contributed by atoms with Crippen LogP contribution < -0.4 is 0 Å². The molecule has 0 saturated heterocycles. The molecule has 4 heteroatoms. The Morgan fingerprint density at radius 2 is 1.79 bits per heavy atom. The van der Waals surface area contributed by atoms with Crippen molar-refractivity contribution in [2.24, 2.45) is 0 Å². The molecule has 0 unspecified atom stereocenters. The Morgan fingerprint density at radius 1 is 1.05 bits per heavy atom. The number of nitrogens with zero attached hydrogens (tertiary/aromatic N) is 1. The minimum Gasteiger partial charge on any atom is -0.506 e. The summed E-state index contributed by atoms with van der Waals surface area (Å²) >= 11 is 0. The van der Waals surface area contributed by atoms with E-state index in [1.54, 1.807) is 0 Å². The van der Waals surface area contributed by atoms with Gasteiger partial charge in [-0.3, -0.25) is 0 Å². The van der Waals surface area contributed by atoms with Gasteiger partial charge in [0.25, 0.3) is 0 Å². The second-order valence-electron chi connectivity index (χ2n) is 4.34. The van der Waals surface area contributed by atoms with Gasteiger partial charge < -0.3 is 9.52 Å². The molecule has 0 radical (unpaired) electrons. The number of rotatable bonds is 1. The first-order chi connectivity index (χ1) is 8.66. The van der Waals surface area contributed by atoms with Crippen molar-refractivity contribution in [1.29, 1.82) is 0 Å². The largest absolute Gasteiger partial charge is 0.506 e. The Balaban J connectivity index is 0.00000133. The number of phenolic OH excluding ortho intramolecular Hbond substituents is 1. The molecule has 0 saturated carbocycles. The molecule has 0 bridgehead atoms. The normalized spacial score (nSPS) is 10.4. The maximum atomic E-state index is 10.3. The molecule has 3 nitrogen and oxygen atoms in total. The summed E-state index contributed by atoms with van der Waals surface area (Å²) in [7, 11) is 0. The van der Waals surface area contributed by atoms with Crippen LogP contribution in [0.3, 0.4) is 0 Å². The van der Waals surface area contributed by atoms with Crippen LogP contribution in [0.5, 0.6) is 5.75 Å². The van der Waals surface area contributed by atoms with Crippen molar-refractivity contribution in [1.82, 2.24) is 4.98 Å². The number of benzene rings is 2. The summed E-state index contributed by atoms with van der Waals surface area (Å²) in [4.78, 5) is 4.32. The zero-order chi connectivity index (χ0) is 12.7. The smallest absolute Gasteiger partial charge is 0.230 e. The molecule has 1 heterocycles. The van der Waals surface area contributed by atoms with E-state index in [1.807, 2.05) is 50.2 Å². The van der Waals surface area contributed by atoms with E-state index in [1.165, 1.54) is 0 Å². The summed E-state index contributed by atoms with van der Waals surface area (Å²) in [5.74, 6) is 1.46. The molecule has 0 amide bonds. The summed E-state index contributed by atoms with van der Waals surface area (Å²) in [5, 5.41) is 12.1. The summed E-state index contributed by atoms with van der Waals surface area (Å²) in [6.07, 6.45) is 0. The monoisotopic (exact) mass is 303 g/mol. The predicted octanol–water partition coefficient (Wildman–Crippen LogP) is 3.81. The van der Waals surface area contributed by atoms with Gasteiger partial charge in [0.05, 0.1) is 11.3 Å². The average Bonchev–Trinajstić information content (AvgIpc) is 2.70. The minimum absolute atomic E-state index is 0. The van der Waals surface area contributed by atoms with E-state index in [-0.39, 0.29) is 25.2 Å². The van der Waals surface area contributed by atoms with Crippen LogP contribution >= 0.6 is 0 Å². The van der Waals surface area contributed by atoms with Gasteiger partial charge in [-0.25, -0.2) is 4.98 Å². The fraction of sp³-hybridized carbons (Fsp3) is 0.133. The molecule has 3 rings (SSSR count). The zero-order valence-electron chi connectivity index (χ0n) is 11.0. The molecule has 0 atom stereocenters. The average molecular weight is 305 g/mol. The first-order valence-corrected chi connectivity index (χ1v) is 5.82. The van der Waals surface area contributed by atoms with E-state index in [2.05, 4.69) is 4.98 Å². The van der Waals surface area contributed by atoms with Gasteiger partial charge in [-0.05, 0) is 25.3 Å². The Labute approximate surface area is 124 Å². The number of hydrogen-bond donors (Lipinski definition) is 1. The maximum absolute atomic E-state index is 10.3. The van der Waals surface area contributed by atoms with Crippen LogP contribution in [0.1, 0.15) is 11.5 Å².